The zero-order valence-corrected chi connectivity index (χ0v) is 15.3. The molecule has 0 unspecified atom stereocenters. The van der Waals surface area contributed by atoms with Crippen molar-refractivity contribution < 1.29 is 23.8 Å². The summed E-state index contributed by atoms with van der Waals surface area (Å²) in [6.07, 6.45) is 4.66. The van der Waals surface area contributed by atoms with E-state index in [0.717, 1.165) is 32.1 Å². The van der Waals surface area contributed by atoms with E-state index in [9.17, 15) is 9.59 Å². The smallest absolute Gasteiger partial charge is 0.302 e. The summed E-state index contributed by atoms with van der Waals surface area (Å²) in [5, 5.41) is 0. The van der Waals surface area contributed by atoms with E-state index in [2.05, 4.69) is 0 Å². The molecule has 1 saturated carbocycles. The first-order valence-corrected chi connectivity index (χ1v) is 9.07. The minimum Gasteiger partial charge on any atom is -0.491 e. The minimum atomic E-state index is -0.740. The zero-order chi connectivity index (χ0) is 18.1. The average molecular weight is 369 g/mol. The fraction of sp³-hybridized carbons (Fsp3) is 0.579. The van der Waals surface area contributed by atoms with E-state index < -0.39 is 4.87 Å². The Balaban J connectivity index is 1.72. The molecule has 0 atom stereocenters. The van der Waals surface area contributed by atoms with Gasteiger partial charge in [-0.25, -0.2) is 0 Å². The van der Waals surface area contributed by atoms with Crippen LogP contribution in [-0.4, -0.2) is 43.1 Å². The number of alkyl halides is 1. The molecule has 1 aliphatic rings. The molecule has 138 valence electrons. The van der Waals surface area contributed by atoms with Gasteiger partial charge in [0.2, 0.25) is 0 Å². The number of carbonyl (C=O) groups is 2. The van der Waals surface area contributed by atoms with E-state index in [0.29, 0.717) is 31.1 Å². The Labute approximate surface area is 153 Å². The Morgan fingerprint density at radius 2 is 1.64 bits per heavy atom. The van der Waals surface area contributed by atoms with Gasteiger partial charge in [0.15, 0.2) is 5.78 Å². The highest BCUT2D eigenvalue weighted by atomic mass is 35.5. The summed E-state index contributed by atoms with van der Waals surface area (Å²) in [5.41, 5.74) is 0.627. The number of carbonyl (C=O) groups excluding carboxylic acids is 2. The Kier molecular flexibility index (Phi) is 7.72. The van der Waals surface area contributed by atoms with Gasteiger partial charge in [0.1, 0.15) is 23.8 Å². The molecule has 2 rings (SSSR count). The van der Waals surface area contributed by atoms with E-state index in [4.69, 9.17) is 25.8 Å². The van der Waals surface area contributed by atoms with E-state index in [1.165, 1.54) is 6.92 Å². The highest BCUT2D eigenvalue weighted by Gasteiger charge is 2.37. The van der Waals surface area contributed by atoms with Crippen LogP contribution in [0, 0.1) is 0 Å². The lowest BCUT2D eigenvalue weighted by atomic mass is 9.83. The number of benzene rings is 1. The van der Waals surface area contributed by atoms with Gasteiger partial charge in [0.25, 0.3) is 0 Å². The SMILES string of the molecule is CC(=O)OCCOCCOc1ccc(C(=O)C2(Cl)CCCCC2)cc1. The summed E-state index contributed by atoms with van der Waals surface area (Å²) in [6, 6.07) is 7.07. The summed E-state index contributed by atoms with van der Waals surface area (Å²) >= 11 is 6.53. The third-order valence-electron chi connectivity index (χ3n) is 4.20. The van der Waals surface area contributed by atoms with Gasteiger partial charge >= 0.3 is 5.97 Å². The molecule has 0 saturated heterocycles. The lowest BCUT2D eigenvalue weighted by Crippen LogP contribution is -2.34. The van der Waals surface area contributed by atoms with Gasteiger partial charge in [0, 0.05) is 12.5 Å². The van der Waals surface area contributed by atoms with Crippen LogP contribution in [0.4, 0.5) is 0 Å². The van der Waals surface area contributed by atoms with Gasteiger partial charge in [0.05, 0.1) is 13.2 Å². The van der Waals surface area contributed by atoms with Crippen LogP contribution in [0.3, 0.4) is 0 Å². The number of esters is 1. The number of halogens is 1. The van der Waals surface area contributed by atoms with E-state index in [1.807, 2.05) is 0 Å². The average Bonchev–Trinajstić information content (AvgIpc) is 2.61. The van der Waals surface area contributed by atoms with Gasteiger partial charge in [-0.3, -0.25) is 9.59 Å². The van der Waals surface area contributed by atoms with Gasteiger partial charge in [-0.05, 0) is 37.1 Å². The first kappa shape index (κ1) is 19.7. The molecule has 1 aromatic rings. The van der Waals surface area contributed by atoms with E-state index >= 15 is 0 Å². The largest absolute Gasteiger partial charge is 0.491 e. The zero-order valence-electron chi connectivity index (χ0n) is 14.6. The maximum atomic E-state index is 12.6. The molecule has 5 nitrogen and oxygen atoms in total. The van der Waals surface area contributed by atoms with Crippen LogP contribution in [0.15, 0.2) is 24.3 Å². The molecular formula is C19H25ClO5. The molecule has 0 N–H and O–H groups in total. The summed E-state index contributed by atoms with van der Waals surface area (Å²) in [4.78, 5) is 22.5. The first-order chi connectivity index (χ1) is 12.0. The van der Waals surface area contributed by atoms with Crippen LogP contribution in [0.5, 0.6) is 5.75 Å². The second-order valence-electron chi connectivity index (χ2n) is 6.18. The second-order valence-corrected chi connectivity index (χ2v) is 6.90. The van der Waals surface area contributed by atoms with Crippen molar-refractivity contribution in [1.29, 1.82) is 0 Å². The normalized spacial score (nSPS) is 16.2. The second kappa shape index (κ2) is 9.78. The molecule has 0 bridgehead atoms. The van der Waals surface area contributed by atoms with Crippen LogP contribution in [0.2, 0.25) is 0 Å². The fourth-order valence-electron chi connectivity index (χ4n) is 2.87. The van der Waals surface area contributed by atoms with Crippen molar-refractivity contribution in [2.75, 3.05) is 26.4 Å². The van der Waals surface area contributed by atoms with Crippen molar-refractivity contribution in [2.45, 2.75) is 43.9 Å². The van der Waals surface area contributed by atoms with E-state index in [1.54, 1.807) is 24.3 Å². The van der Waals surface area contributed by atoms with Gasteiger partial charge in [-0.2, -0.15) is 0 Å². The topological polar surface area (TPSA) is 61.8 Å². The first-order valence-electron chi connectivity index (χ1n) is 8.69. The fourth-order valence-corrected chi connectivity index (χ4v) is 3.24. The third kappa shape index (κ3) is 6.33. The summed E-state index contributed by atoms with van der Waals surface area (Å²) in [7, 11) is 0. The number of rotatable bonds is 9. The summed E-state index contributed by atoms with van der Waals surface area (Å²) < 4.78 is 15.6. The quantitative estimate of drug-likeness (QED) is 0.287. The van der Waals surface area contributed by atoms with Crippen molar-refractivity contribution in [3.05, 3.63) is 29.8 Å². The summed E-state index contributed by atoms with van der Waals surface area (Å²) in [5.74, 6) is 0.364. The van der Waals surface area contributed by atoms with Crippen molar-refractivity contribution in [3.63, 3.8) is 0 Å². The molecule has 1 aromatic carbocycles. The molecule has 0 radical (unpaired) electrons. The van der Waals surface area contributed by atoms with Gasteiger partial charge < -0.3 is 14.2 Å². The van der Waals surface area contributed by atoms with Crippen LogP contribution < -0.4 is 4.74 Å². The Morgan fingerprint density at radius 3 is 2.28 bits per heavy atom. The van der Waals surface area contributed by atoms with Crippen LogP contribution in [-0.2, 0) is 14.3 Å². The minimum absolute atomic E-state index is 0.00854. The molecule has 25 heavy (non-hydrogen) atoms. The molecule has 0 heterocycles. The molecule has 1 fully saturated rings. The predicted molar refractivity (Wildman–Crippen MR) is 95.4 cm³/mol. The number of ether oxygens (including phenoxy) is 3. The Morgan fingerprint density at radius 1 is 1.00 bits per heavy atom. The molecule has 0 aromatic heterocycles. The lowest BCUT2D eigenvalue weighted by Gasteiger charge is -2.29. The number of hydrogen-bond acceptors (Lipinski definition) is 5. The van der Waals surface area contributed by atoms with Crippen LogP contribution in [0.25, 0.3) is 0 Å². The molecule has 6 heteroatoms. The van der Waals surface area contributed by atoms with Crippen LogP contribution >= 0.6 is 11.6 Å². The third-order valence-corrected chi connectivity index (χ3v) is 4.75. The molecular weight excluding hydrogens is 344 g/mol. The Bertz CT molecular complexity index is 564. The standard InChI is InChI=1S/C19H25ClO5/c1-15(21)24-13-11-23-12-14-25-17-7-5-16(6-8-17)18(22)19(20)9-3-2-4-10-19/h5-8H,2-4,9-14H2,1H3. The summed E-state index contributed by atoms with van der Waals surface area (Å²) in [6.45, 7) is 2.72. The Hall–Kier alpha value is -1.59. The van der Waals surface area contributed by atoms with Gasteiger partial charge in [-0.15, -0.1) is 11.6 Å². The molecule has 0 spiro atoms. The highest BCUT2D eigenvalue weighted by Crippen LogP contribution is 2.37. The molecule has 0 aliphatic heterocycles. The lowest BCUT2D eigenvalue weighted by molar-refractivity contribution is -0.142. The maximum absolute atomic E-state index is 12.6. The van der Waals surface area contributed by atoms with E-state index in [-0.39, 0.29) is 18.4 Å². The monoisotopic (exact) mass is 368 g/mol. The maximum Gasteiger partial charge on any atom is 0.302 e. The van der Waals surface area contributed by atoms with Crippen molar-refractivity contribution >= 4 is 23.4 Å². The van der Waals surface area contributed by atoms with Crippen molar-refractivity contribution in [1.82, 2.24) is 0 Å². The molecule has 0 amide bonds. The highest BCUT2D eigenvalue weighted by molar-refractivity contribution is 6.38. The van der Waals surface area contributed by atoms with Crippen molar-refractivity contribution in [3.8, 4) is 5.75 Å². The number of hydrogen-bond donors (Lipinski definition) is 0. The predicted octanol–water partition coefficient (Wildman–Crippen LogP) is 3.77. The number of ketones is 1. The number of Topliss-reactive ketones (excluding diaryl/α,β-unsaturated/α-hetero) is 1. The molecule has 1 aliphatic carbocycles. The van der Waals surface area contributed by atoms with Crippen LogP contribution in [0.1, 0.15) is 49.4 Å². The van der Waals surface area contributed by atoms with Gasteiger partial charge in [-0.1, -0.05) is 19.3 Å². The van der Waals surface area contributed by atoms with Crippen molar-refractivity contribution in [2.24, 2.45) is 0 Å².